The van der Waals surface area contributed by atoms with E-state index in [4.69, 9.17) is 0 Å². The van der Waals surface area contributed by atoms with Gasteiger partial charge in [-0.25, -0.2) is 9.55 Å². The summed E-state index contributed by atoms with van der Waals surface area (Å²) in [5, 5.41) is 20.3. The Morgan fingerprint density at radius 3 is 2.23 bits per heavy atom. The molecule has 66 valence electrons. The summed E-state index contributed by atoms with van der Waals surface area (Å²) in [4.78, 5) is 21.8. The molecule has 0 radical (unpaired) electrons. The van der Waals surface area contributed by atoms with Crippen LogP contribution in [0.1, 0.15) is 7.72 Å². The minimum atomic E-state index is -1.98. The van der Waals surface area contributed by atoms with Crippen molar-refractivity contribution in [2.75, 3.05) is 0 Å². The smallest absolute Gasteiger partial charge is 1.00 e. The average Bonchev–Trinajstić information content (AvgIpc) is 2.37. The third kappa shape index (κ3) is 2.76. The number of rotatable bonds is 3. The van der Waals surface area contributed by atoms with Crippen LogP contribution < -0.4 is 29.6 Å². The summed E-state index contributed by atoms with van der Waals surface area (Å²) in [7, 11) is 0. The number of hydrogen-bond donors (Lipinski definition) is 0. The second-order valence-corrected chi connectivity index (χ2v) is 1.93. The molecule has 0 bridgehead atoms. The van der Waals surface area contributed by atoms with Gasteiger partial charge in [-0.05, 0) is 0 Å². The zero-order valence-electron chi connectivity index (χ0n) is 7.73. The molecular weight excluding hydrogens is 191 g/mol. The summed E-state index contributed by atoms with van der Waals surface area (Å²) in [5.74, 6) is 0. The Labute approximate surface area is 95.6 Å². The molecule has 0 aliphatic heterocycles. The van der Waals surface area contributed by atoms with Crippen LogP contribution >= 0.6 is 0 Å². The first-order valence-corrected chi connectivity index (χ1v) is 2.87. The zero-order valence-corrected chi connectivity index (χ0v) is 8.73. The van der Waals surface area contributed by atoms with E-state index in [9.17, 15) is 20.2 Å². The molecule has 0 atom stereocenters. The van der Waals surface area contributed by atoms with Crippen molar-refractivity contribution in [3.63, 3.8) is 0 Å². The molecule has 0 unspecified atom stereocenters. The first-order valence-electron chi connectivity index (χ1n) is 2.87. The van der Waals surface area contributed by atoms with E-state index < -0.39 is 16.1 Å². The third-order valence-electron chi connectivity index (χ3n) is 1.17. The van der Waals surface area contributed by atoms with E-state index in [0.717, 1.165) is 17.1 Å². The first kappa shape index (κ1) is 12.0. The van der Waals surface area contributed by atoms with E-state index in [-0.39, 0.29) is 31.0 Å². The molecular formula is C4H5N4NaO4. The fourth-order valence-electron chi connectivity index (χ4n) is 0.701. The molecule has 1 heterocycles. The predicted molar refractivity (Wildman–Crippen MR) is 36.4 cm³/mol. The van der Waals surface area contributed by atoms with Gasteiger partial charge >= 0.3 is 35.8 Å². The van der Waals surface area contributed by atoms with Crippen molar-refractivity contribution in [1.82, 2.24) is 9.55 Å². The van der Waals surface area contributed by atoms with Crippen molar-refractivity contribution < 1.29 is 40.8 Å². The Bertz CT molecular complexity index is 290. The molecule has 1 rings (SSSR count). The molecule has 0 spiro atoms. The molecule has 0 aliphatic carbocycles. The van der Waals surface area contributed by atoms with E-state index in [1.165, 1.54) is 6.20 Å². The van der Waals surface area contributed by atoms with Gasteiger partial charge in [-0.2, -0.15) is 0 Å². The van der Waals surface area contributed by atoms with Gasteiger partial charge in [0.15, 0.2) is 0 Å². The van der Waals surface area contributed by atoms with Crippen molar-refractivity contribution in [2.24, 2.45) is 0 Å². The fourth-order valence-corrected chi connectivity index (χ4v) is 0.701. The Balaban J connectivity index is 0. The van der Waals surface area contributed by atoms with Crippen molar-refractivity contribution >= 4 is 0 Å². The maximum Gasteiger partial charge on any atom is 1.00 e. The fraction of sp³-hybridized carbons (Fsp3) is 0.250. The van der Waals surface area contributed by atoms with E-state index in [1.807, 2.05) is 0 Å². The van der Waals surface area contributed by atoms with Gasteiger partial charge in [-0.15, -0.1) is 0 Å². The Hall–Kier alpha value is -0.990. The number of aromatic nitrogens is 2. The van der Waals surface area contributed by atoms with Crippen LogP contribution in [0.4, 0.5) is 0 Å². The topological polar surface area (TPSA) is 104 Å². The van der Waals surface area contributed by atoms with Gasteiger partial charge in [0.1, 0.15) is 16.2 Å². The monoisotopic (exact) mass is 196 g/mol. The molecule has 0 saturated carbocycles. The summed E-state index contributed by atoms with van der Waals surface area (Å²) in [6.07, 6.45) is 1.44. The molecule has 9 heteroatoms. The normalized spacial score (nSPS) is 9.31. The zero-order chi connectivity index (χ0) is 9.14. The SMILES string of the molecule is O=[N+]([O-])C(n1ccnc1)[N+](=O)[O-].[H-].[Na+]. The molecule has 0 N–H and O–H groups in total. The Morgan fingerprint density at radius 2 is 1.92 bits per heavy atom. The molecule has 8 nitrogen and oxygen atoms in total. The molecule has 1 aromatic rings. The van der Waals surface area contributed by atoms with E-state index in [0.29, 0.717) is 0 Å². The van der Waals surface area contributed by atoms with Gasteiger partial charge in [0.2, 0.25) is 0 Å². The van der Waals surface area contributed by atoms with Crippen molar-refractivity contribution in [2.45, 2.75) is 6.29 Å². The van der Waals surface area contributed by atoms with E-state index in [1.54, 1.807) is 0 Å². The van der Waals surface area contributed by atoms with Crippen LogP contribution in [-0.2, 0) is 0 Å². The number of imidazole rings is 1. The second-order valence-electron chi connectivity index (χ2n) is 1.93. The largest absolute Gasteiger partial charge is 1.00 e. The molecule has 1 aromatic heterocycles. The van der Waals surface area contributed by atoms with Crippen LogP contribution in [0.5, 0.6) is 0 Å². The van der Waals surface area contributed by atoms with Crippen LogP contribution in [0.15, 0.2) is 18.7 Å². The van der Waals surface area contributed by atoms with Crippen LogP contribution in [0.3, 0.4) is 0 Å². The summed E-state index contributed by atoms with van der Waals surface area (Å²) >= 11 is 0. The van der Waals surface area contributed by atoms with Crippen LogP contribution in [0, 0.1) is 20.2 Å². The van der Waals surface area contributed by atoms with Gasteiger partial charge in [-0.3, -0.25) is 20.2 Å². The number of nitro groups is 2. The summed E-state index contributed by atoms with van der Waals surface area (Å²) < 4.78 is 0.806. The minimum Gasteiger partial charge on any atom is -1.00 e. The maximum absolute atomic E-state index is 10.2. The molecule has 0 fully saturated rings. The quantitative estimate of drug-likeness (QED) is 0.222. The van der Waals surface area contributed by atoms with Gasteiger partial charge in [-0.1, -0.05) is 0 Å². The summed E-state index contributed by atoms with van der Waals surface area (Å²) in [6.45, 7) is 0. The molecule has 0 saturated heterocycles. The van der Waals surface area contributed by atoms with Gasteiger partial charge in [0.25, 0.3) is 0 Å². The van der Waals surface area contributed by atoms with E-state index >= 15 is 0 Å². The Kier molecular flexibility index (Phi) is 4.52. The molecule has 0 aromatic carbocycles. The Morgan fingerprint density at radius 1 is 1.38 bits per heavy atom. The standard InChI is InChI=1S/C4H4N4O4.Na.H/c9-7(10)4(8(11)12)6-2-1-5-3-6;;/h1-4H;;/q;+1;-1. The van der Waals surface area contributed by atoms with Crippen LogP contribution in [-0.4, -0.2) is 19.4 Å². The van der Waals surface area contributed by atoms with Crippen molar-refractivity contribution in [3.8, 4) is 0 Å². The van der Waals surface area contributed by atoms with Crippen LogP contribution in [0.25, 0.3) is 0 Å². The van der Waals surface area contributed by atoms with Crippen LogP contribution in [0.2, 0.25) is 0 Å². The van der Waals surface area contributed by atoms with Crippen molar-refractivity contribution in [3.05, 3.63) is 38.9 Å². The first-order chi connectivity index (χ1) is 5.63. The number of hydrogen-bond acceptors (Lipinski definition) is 5. The minimum absolute atomic E-state index is 0. The second kappa shape index (κ2) is 4.90. The van der Waals surface area contributed by atoms with Gasteiger partial charge < -0.3 is 1.43 Å². The molecule has 0 amide bonds. The predicted octanol–water partition coefficient (Wildman–Crippen LogP) is -2.99. The van der Waals surface area contributed by atoms with Gasteiger partial charge in [0.05, 0.1) is 0 Å². The average molecular weight is 196 g/mol. The number of nitrogens with zero attached hydrogens (tertiary/aromatic N) is 4. The van der Waals surface area contributed by atoms with E-state index in [2.05, 4.69) is 4.98 Å². The van der Waals surface area contributed by atoms with Crippen molar-refractivity contribution in [1.29, 1.82) is 0 Å². The summed E-state index contributed by atoms with van der Waals surface area (Å²) in [5.41, 5.74) is 0. The summed E-state index contributed by atoms with van der Waals surface area (Å²) in [6, 6.07) is 0. The third-order valence-corrected chi connectivity index (χ3v) is 1.17. The van der Waals surface area contributed by atoms with Gasteiger partial charge in [0, 0.05) is 12.4 Å². The maximum atomic E-state index is 10.2. The molecule has 13 heavy (non-hydrogen) atoms. The molecule has 0 aliphatic rings.